The van der Waals surface area contributed by atoms with Gasteiger partial charge in [-0.15, -0.1) is 0 Å². The molecule has 3 rings (SSSR count). The van der Waals surface area contributed by atoms with E-state index in [2.05, 4.69) is 20.6 Å². The van der Waals surface area contributed by atoms with Gasteiger partial charge >= 0.3 is 0 Å². The fourth-order valence-electron chi connectivity index (χ4n) is 3.28. The van der Waals surface area contributed by atoms with Gasteiger partial charge < -0.3 is 25.3 Å². The molecule has 0 radical (unpaired) electrons. The number of benzene rings is 1. The van der Waals surface area contributed by atoms with Crippen LogP contribution >= 0.6 is 12.2 Å². The normalized spacial score (nSPS) is 11.0. The van der Waals surface area contributed by atoms with Crippen LogP contribution in [-0.4, -0.2) is 46.5 Å². The number of carbonyl (C=O) groups excluding carboxylic acids is 2. The Hall–Kier alpha value is -3.14. The van der Waals surface area contributed by atoms with E-state index in [0.717, 1.165) is 10.9 Å². The van der Waals surface area contributed by atoms with Gasteiger partial charge in [0.05, 0.1) is 12.6 Å². The summed E-state index contributed by atoms with van der Waals surface area (Å²) in [6.07, 6.45) is 1.60. The first-order chi connectivity index (χ1) is 14.4. The van der Waals surface area contributed by atoms with Crippen molar-refractivity contribution in [3.63, 3.8) is 0 Å². The summed E-state index contributed by atoms with van der Waals surface area (Å²) in [5.41, 5.74) is 1.75. The highest BCUT2D eigenvalue weighted by atomic mass is 32.1. The molecule has 0 aliphatic carbocycles. The van der Waals surface area contributed by atoms with Gasteiger partial charge in [0.25, 0.3) is 5.56 Å². The number of aromatic nitrogens is 3. The monoisotopic (exact) mass is 431 g/mol. The third-order valence-corrected chi connectivity index (χ3v) is 5.12. The highest BCUT2D eigenvalue weighted by Gasteiger charge is 2.12. The maximum Gasteiger partial charge on any atom is 0.278 e. The Kier molecular flexibility index (Phi) is 6.88. The lowest BCUT2D eigenvalue weighted by Crippen LogP contribution is -2.33. The average molecular weight is 432 g/mol. The zero-order valence-electron chi connectivity index (χ0n) is 17.0. The maximum atomic E-state index is 12.9. The van der Waals surface area contributed by atoms with Crippen molar-refractivity contribution in [1.29, 1.82) is 0 Å². The molecule has 0 saturated heterocycles. The standard InChI is InChI=1S/C20H25N5O4S/c1-12(26)21-8-9-22-16(27)5-3-4-10-25-19(28)18-17(24-20(25)30)14-11-13(29-2)6-7-15(14)23-18/h6-7,11,23H,3-5,8-10H2,1-2H3,(H,21,26)(H,22,27)(H,24,30). The van der Waals surface area contributed by atoms with Gasteiger partial charge in [0.15, 0.2) is 4.77 Å². The second-order valence-corrected chi connectivity index (χ2v) is 7.35. The Balaban J connectivity index is 1.63. The topological polar surface area (TPSA) is 121 Å². The molecule has 0 aliphatic heterocycles. The van der Waals surface area contributed by atoms with Crippen molar-refractivity contribution in [3.05, 3.63) is 33.3 Å². The number of ether oxygens (including phenoxy) is 1. The first-order valence-electron chi connectivity index (χ1n) is 9.74. The lowest BCUT2D eigenvalue weighted by molar-refractivity contribution is -0.122. The first-order valence-corrected chi connectivity index (χ1v) is 10.1. The Morgan fingerprint density at radius 2 is 1.90 bits per heavy atom. The van der Waals surface area contributed by atoms with E-state index in [1.54, 1.807) is 7.11 Å². The molecule has 0 unspecified atom stereocenters. The molecule has 0 spiro atoms. The highest BCUT2D eigenvalue weighted by Crippen LogP contribution is 2.25. The minimum absolute atomic E-state index is 0.0853. The van der Waals surface area contributed by atoms with Crippen LogP contribution in [0.25, 0.3) is 21.9 Å². The van der Waals surface area contributed by atoms with Gasteiger partial charge in [-0.3, -0.25) is 19.0 Å². The van der Waals surface area contributed by atoms with E-state index in [1.165, 1.54) is 11.5 Å². The molecular weight excluding hydrogens is 406 g/mol. The molecule has 160 valence electrons. The molecular formula is C20H25N5O4S. The van der Waals surface area contributed by atoms with Crippen LogP contribution in [0.1, 0.15) is 26.2 Å². The van der Waals surface area contributed by atoms with Crippen LogP contribution in [0.2, 0.25) is 0 Å². The maximum absolute atomic E-state index is 12.9. The third-order valence-electron chi connectivity index (χ3n) is 4.80. The highest BCUT2D eigenvalue weighted by molar-refractivity contribution is 7.71. The van der Waals surface area contributed by atoms with Crippen LogP contribution < -0.4 is 20.9 Å². The molecule has 9 nitrogen and oxygen atoms in total. The number of nitrogens with zero attached hydrogens (tertiary/aromatic N) is 1. The zero-order chi connectivity index (χ0) is 21.7. The Bertz CT molecular complexity index is 1190. The van der Waals surface area contributed by atoms with Crippen LogP contribution in [0.5, 0.6) is 5.75 Å². The lowest BCUT2D eigenvalue weighted by atomic mass is 10.2. The number of H-pyrrole nitrogens is 2. The van der Waals surface area contributed by atoms with Crippen LogP contribution in [0.15, 0.2) is 23.0 Å². The molecule has 0 fully saturated rings. The van der Waals surface area contributed by atoms with Gasteiger partial charge in [0, 0.05) is 43.9 Å². The summed E-state index contributed by atoms with van der Waals surface area (Å²) < 4.78 is 7.12. The van der Waals surface area contributed by atoms with Crippen LogP contribution in [0.3, 0.4) is 0 Å². The molecule has 0 aliphatic rings. The van der Waals surface area contributed by atoms with Crippen molar-refractivity contribution in [2.75, 3.05) is 20.2 Å². The van der Waals surface area contributed by atoms with Crippen molar-refractivity contribution >= 4 is 46.0 Å². The number of fused-ring (bicyclic) bond motifs is 3. The number of hydrogen-bond donors (Lipinski definition) is 4. The SMILES string of the molecule is COc1ccc2[nH]c3c(=O)n(CCCCC(=O)NCCNC(C)=O)c(=S)[nH]c3c2c1. The molecule has 2 heterocycles. The summed E-state index contributed by atoms with van der Waals surface area (Å²) in [6, 6.07) is 5.54. The van der Waals surface area contributed by atoms with Gasteiger partial charge in [-0.2, -0.15) is 0 Å². The van der Waals surface area contributed by atoms with Crippen molar-refractivity contribution in [2.45, 2.75) is 32.7 Å². The fourth-order valence-corrected chi connectivity index (χ4v) is 3.55. The molecule has 0 atom stereocenters. The van der Waals surface area contributed by atoms with Crippen LogP contribution in [-0.2, 0) is 16.1 Å². The number of amides is 2. The third kappa shape index (κ3) is 4.88. The molecule has 1 aromatic carbocycles. The summed E-state index contributed by atoms with van der Waals surface area (Å²) in [5.74, 6) is 0.484. The van der Waals surface area contributed by atoms with Crippen molar-refractivity contribution < 1.29 is 14.3 Å². The van der Waals surface area contributed by atoms with E-state index in [-0.39, 0.29) is 17.4 Å². The Morgan fingerprint density at radius 3 is 2.63 bits per heavy atom. The van der Waals surface area contributed by atoms with Gasteiger partial charge in [-0.05, 0) is 43.3 Å². The Morgan fingerprint density at radius 1 is 1.13 bits per heavy atom. The molecule has 30 heavy (non-hydrogen) atoms. The number of aromatic amines is 2. The van der Waals surface area contributed by atoms with Crippen LogP contribution in [0, 0.1) is 4.77 Å². The Labute approximate surface area is 177 Å². The number of nitrogens with one attached hydrogen (secondary N) is 4. The van der Waals surface area contributed by atoms with Gasteiger partial charge in [0.1, 0.15) is 11.3 Å². The fraction of sp³-hybridized carbons (Fsp3) is 0.400. The summed E-state index contributed by atoms with van der Waals surface area (Å²) in [6.45, 7) is 2.65. The van der Waals surface area contributed by atoms with E-state index in [1.807, 2.05) is 18.2 Å². The van der Waals surface area contributed by atoms with E-state index in [0.29, 0.717) is 60.5 Å². The largest absolute Gasteiger partial charge is 0.497 e. The number of hydrogen-bond acceptors (Lipinski definition) is 5. The van der Waals surface area contributed by atoms with E-state index in [4.69, 9.17) is 17.0 Å². The molecule has 2 amide bonds. The van der Waals surface area contributed by atoms with Crippen molar-refractivity contribution in [1.82, 2.24) is 25.2 Å². The smallest absolute Gasteiger partial charge is 0.278 e. The summed E-state index contributed by atoms with van der Waals surface area (Å²) in [7, 11) is 1.59. The number of unbranched alkanes of at least 4 members (excludes halogenated alkanes) is 1. The predicted octanol–water partition coefficient (Wildman–Crippen LogP) is 1.97. The van der Waals surface area contributed by atoms with Gasteiger partial charge in [-0.1, -0.05) is 0 Å². The summed E-state index contributed by atoms with van der Waals surface area (Å²) in [5, 5.41) is 6.20. The molecule has 3 aromatic rings. The quantitative estimate of drug-likeness (QED) is 0.305. The average Bonchev–Trinajstić information content (AvgIpc) is 3.08. The van der Waals surface area contributed by atoms with Crippen molar-refractivity contribution in [2.24, 2.45) is 0 Å². The first kappa shape index (κ1) is 21.6. The second-order valence-electron chi connectivity index (χ2n) is 6.96. The van der Waals surface area contributed by atoms with E-state index >= 15 is 0 Å². The van der Waals surface area contributed by atoms with E-state index in [9.17, 15) is 14.4 Å². The van der Waals surface area contributed by atoms with E-state index < -0.39 is 0 Å². The summed E-state index contributed by atoms with van der Waals surface area (Å²) in [4.78, 5) is 41.8. The predicted molar refractivity (Wildman–Crippen MR) is 117 cm³/mol. The number of carbonyl (C=O) groups is 2. The minimum atomic E-state index is -0.191. The molecule has 0 saturated carbocycles. The minimum Gasteiger partial charge on any atom is -0.497 e. The molecule has 0 bridgehead atoms. The van der Waals surface area contributed by atoms with Gasteiger partial charge in [-0.25, -0.2) is 0 Å². The molecule has 4 N–H and O–H groups in total. The zero-order valence-corrected chi connectivity index (χ0v) is 17.8. The van der Waals surface area contributed by atoms with Crippen LogP contribution in [0.4, 0.5) is 0 Å². The number of methoxy groups -OCH3 is 1. The summed E-state index contributed by atoms with van der Waals surface area (Å²) >= 11 is 5.40. The molecule has 10 heteroatoms. The lowest BCUT2D eigenvalue weighted by Gasteiger charge is -2.08. The van der Waals surface area contributed by atoms with Gasteiger partial charge in [0.2, 0.25) is 11.8 Å². The second kappa shape index (κ2) is 9.57. The number of rotatable bonds is 9. The van der Waals surface area contributed by atoms with Crippen molar-refractivity contribution in [3.8, 4) is 5.75 Å². The molecule has 2 aromatic heterocycles.